The van der Waals surface area contributed by atoms with Gasteiger partial charge in [0.25, 0.3) is 5.91 Å². The maximum Gasteiger partial charge on any atom is 0.251 e. The number of amides is 2. The molecule has 1 aliphatic rings. The molecule has 1 heterocycles. The van der Waals surface area contributed by atoms with E-state index in [-0.39, 0.29) is 17.9 Å². The van der Waals surface area contributed by atoms with Crippen molar-refractivity contribution in [1.82, 2.24) is 10.2 Å². The number of carbonyl (C=O) groups excluding carboxylic acids is 2. The van der Waals surface area contributed by atoms with Crippen LogP contribution in [0.25, 0.3) is 0 Å². The molecule has 1 N–H and O–H groups in total. The molecule has 0 bridgehead atoms. The third-order valence-electron chi connectivity index (χ3n) is 4.41. The molecule has 5 nitrogen and oxygen atoms in total. The number of hydrogen-bond acceptors (Lipinski definition) is 3. The van der Waals surface area contributed by atoms with Gasteiger partial charge in [0, 0.05) is 50.9 Å². The summed E-state index contributed by atoms with van der Waals surface area (Å²) in [5, 5.41) is 2.97. The third-order valence-corrected chi connectivity index (χ3v) is 4.41. The summed E-state index contributed by atoms with van der Waals surface area (Å²) in [6.07, 6.45) is 3.36. The molecule has 1 aromatic carbocycles. The van der Waals surface area contributed by atoms with Gasteiger partial charge in [-0.15, -0.1) is 0 Å². The van der Waals surface area contributed by atoms with E-state index in [2.05, 4.69) is 12.2 Å². The predicted octanol–water partition coefficient (Wildman–Crippen LogP) is 2.27. The van der Waals surface area contributed by atoms with Crippen molar-refractivity contribution in [3.05, 3.63) is 29.8 Å². The fraction of sp³-hybridized carbons (Fsp3) is 0.556. The topological polar surface area (TPSA) is 52.7 Å². The number of nitrogens with one attached hydrogen (secondary N) is 1. The lowest BCUT2D eigenvalue weighted by atomic mass is 10.1. The van der Waals surface area contributed by atoms with E-state index < -0.39 is 0 Å². The van der Waals surface area contributed by atoms with Crippen molar-refractivity contribution < 1.29 is 9.59 Å². The molecule has 0 saturated carbocycles. The van der Waals surface area contributed by atoms with Crippen LogP contribution >= 0.6 is 0 Å². The predicted molar refractivity (Wildman–Crippen MR) is 92.7 cm³/mol. The second-order valence-corrected chi connectivity index (χ2v) is 6.24. The Hall–Kier alpha value is -2.04. The van der Waals surface area contributed by atoms with Crippen molar-refractivity contribution in [1.29, 1.82) is 0 Å². The minimum Gasteiger partial charge on any atom is -0.378 e. The van der Waals surface area contributed by atoms with Gasteiger partial charge in [0.2, 0.25) is 5.91 Å². The van der Waals surface area contributed by atoms with E-state index in [9.17, 15) is 9.59 Å². The maximum atomic E-state index is 12.3. The van der Waals surface area contributed by atoms with Crippen molar-refractivity contribution >= 4 is 17.5 Å². The Bertz CT molecular complexity index is 557. The largest absolute Gasteiger partial charge is 0.378 e. The Balaban J connectivity index is 1.86. The number of rotatable bonds is 7. The molecular weight excluding hydrogens is 290 g/mol. The van der Waals surface area contributed by atoms with Crippen molar-refractivity contribution in [2.75, 3.05) is 32.1 Å². The van der Waals surface area contributed by atoms with Crippen LogP contribution in [-0.4, -0.2) is 49.9 Å². The Morgan fingerprint density at radius 3 is 2.78 bits per heavy atom. The highest BCUT2D eigenvalue weighted by molar-refractivity contribution is 5.95. The molecular formula is C18H27N3O2. The van der Waals surface area contributed by atoms with Crippen molar-refractivity contribution in [2.45, 2.75) is 38.6 Å². The quantitative estimate of drug-likeness (QED) is 0.839. The highest BCUT2D eigenvalue weighted by Crippen LogP contribution is 2.18. The molecule has 5 heteroatoms. The zero-order chi connectivity index (χ0) is 16.8. The molecule has 0 radical (unpaired) electrons. The van der Waals surface area contributed by atoms with Crippen LogP contribution in [0.4, 0.5) is 5.69 Å². The molecule has 1 fully saturated rings. The lowest BCUT2D eigenvalue weighted by molar-refractivity contribution is -0.129. The second kappa shape index (κ2) is 7.99. The van der Waals surface area contributed by atoms with Gasteiger partial charge in [-0.05, 0) is 37.5 Å². The van der Waals surface area contributed by atoms with Gasteiger partial charge < -0.3 is 15.1 Å². The van der Waals surface area contributed by atoms with E-state index in [1.54, 1.807) is 0 Å². The molecule has 1 saturated heterocycles. The Morgan fingerprint density at radius 2 is 2.17 bits per heavy atom. The van der Waals surface area contributed by atoms with Crippen LogP contribution in [0, 0.1) is 0 Å². The number of benzene rings is 1. The zero-order valence-electron chi connectivity index (χ0n) is 14.3. The van der Waals surface area contributed by atoms with E-state index in [1.165, 1.54) is 0 Å². The van der Waals surface area contributed by atoms with Crippen LogP contribution in [0.15, 0.2) is 24.3 Å². The van der Waals surface area contributed by atoms with E-state index in [0.29, 0.717) is 18.5 Å². The van der Waals surface area contributed by atoms with Gasteiger partial charge in [0.05, 0.1) is 0 Å². The fourth-order valence-electron chi connectivity index (χ4n) is 3.02. The average molecular weight is 317 g/mol. The first-order valence-electron chi connectivity index (χ1n) is 8.38. The van der Waals surface area contributed by atoms with E-state index in [1.807, 2.05) is 48.2 Å². The Morgan fingerprint density at radius 1 is 1.39 bits per heavy atom. The minimum absolute atomic E-state index is 0.0590. The molecule has 0 aromatic heterocycles. The van der Waals surface area contributed by atoms with Gasteiger partial charge in [-0.2, -0.15) is 0 Å². The third kappa shape index (κ3) is 4.47. The summed E-state index contributed by atoms with van der Waals surface area (Å²) in [5.41, 5.74) is 1.67. The molecule has 1 atom stereocenters. The van der Waals surface area contributed by atoms with Crippen molar-refractivity contribution in [3.63, 3.8) is 0 Å². The van der Waals surface area contributed by atoms with Gasteiger partial charge in [-0.25, -0.2) is 0 Å². The summed E-state index contributed by atoms with van der Waals surface area (Å²) < 4.78 is 0. The van der Waals surface area contributed by atoms with Crippen LogP contribution in [0.1, 0.15) is 43.0 Å². The van der Waals surface area contributed by atoms with Gasteiger partial charge >= 0.3 is 0 Å². The summed E-state index contributed by atoms with van der Waals surface area (Å²) >= 11 is 0. The molecule has 126 valence electrons. The van der Waals surface area contributed by atoms with Crippen LogP contribution in [0.2, 0.25) is 0 Å². The summed E-state index contributed by atoms with van der Waals surface area (Å²) in [6, 6.07) is 7.81. The van der Waals surface area contributed by atoms with Gasteiger partial charge in [0.1, 0.15) is 0 Å². The SMILES string of the molecule is CC[C@H](CCNC(=O)c1cccc(N(C)C)c1)N1CCCC1=O. The smallest absolute Gasteiger partial charge is 0.251 e. The molecule has 1 aliphatic heterocycles. The van der Waals surface area contributed by atoms with Crippen molar-refractivity contribution in [2.24, 2.45) is 0 Å². The first kappa shape index (κ1) is 17.3. The highest BCUT2D eigenvalue weighted by atomic mass is 16.2. The molecule has 23 heavy (non-hydrogen) atoms. The van der Waals surface area contributed by atoms with Crippen LogP contribution in [-0.2, 0) is 4.79 Å². The number of anilines is 1. The number of hydrogen-bond donors (Lipinski definition) is 1. The fourth-order valence-corrected chi connectivity index (χ4v) is 3.02. The van der Waals surface area contributed by atoms with Crippen LogP contribution < -0.4 is 10.2 Å². The monoisotopic (exact) mass is 317 g/mol. The maximum absolute atomic E-state index is 12.3. The molecule has 1 aromatic rings. The van der Waals surface area contributed by atoms with E-state index in [4.69, 9.17) is 0 Å². The highest BCUT2D eigenvalue weighted by Gasteiger charge is 2.26. The van der Waals surface area contributed by atoms with Gasteiger partial charge in [0.15, 0.2) is 0 Å². The number of nitrogens with zero attached hydrogens (tertiary/aromatic N) is 2. The molecule has 2 rings (SSSR count). The summed E-state index contributed by atoms with van der Waals surface area (Å²) in [5.74, 6) is 0.193. The standard InChI is InChI=1S/C18H27N3O2/c1-4-15(21-12-6-9-17(21)22)10-11-19-18(23)14-7-5-8-16(13-14)20(2)3/h5,7-8,13,15H,4,6,9-12H2,1-3H3,(H,19,23)/t15-/m1/s1. The second-order valence-electron chi connectivity index (χ2n) is 6.24. The average Bonchev–Trinajstić information content (AvgIpc) is 2.97. The van der Waals surface area contributed by atoms with Gasteiger partial charge in [-0.3, -0.25) is 9.59 Å². The van der Waals surface area contributed by atoms with Crippen LogP contribution in [0.3, 0.4) is 0 Å². The summed E-state index contributed by atoms with van der Waals surface area (Å²) in [4.78, 5) is 28.0. The Labute approximate surface area is 138 Å². The normalized spacial score (nSPS) is 15.6. The van der Waals surface area contributed by atoms with E-state index in [0.717, 1.165) is 31.5 Å². The molecule has 0 aliphatic carbocycles. The van der Waals surface area contributed by atoms with Gasteiger partial charge in [-0.1, -0.05) is 13.0 Å². The number of likely N-dealkylation sites (tertiary alicyclic amines) is 1. The Kier molecular flexibility index (Phi) is 6.02. The van der Waals surface area contributed by atoms with Crippen molar-refractivity contribution in [3.8, 4) is 0 Å². The molecule has 0 unspecified atom stereocenters. The minimum atomic E-state index is -0.0590. The first-order chi connectivity index (χ1) is 11.0. The lowest BCUT2D eigenvalue weighted by Gasteiger charge is -2.26. The summed E-state index contributed by atoms with van der Waals surface area (Å²) in [7, 11) is 3.91. The first-order valence-corrected chi connectivity index (χ1v) is 8.38. The van der Waals surface area contributed by atoms with Crippen LogP contribution in [0.5, 0.6) is 0 Å². The summed E-state index contributed by atoms with van der Waals surface area (Å²) in [6.45, 7) is 3.54. The lowest BCUT2D eigenvalue weighted by Crippen LogP contribution is -2.38. The number of carbonyl (C=O) groups is 2. The van der Waals surface area contributed by atoms with E-state index >= 15 is 0 Å². The molecule has 2 amide bonds. The zero-order valence-corrected chi connectivity index (χ0v) is 14.3. The molecule has 0 spiro atoms.